The van der Waals surface area contributed by atoms with E-state index < -0.39 is 0 Å². The molecule has 186 valence electrons. The third-order valence-electron chi connectivity index (χ3n) is 7.25. The maximum absolute atomic E-state index is 12.8. The first-order valence-corrected chi connectivity index (χ1v) is 14.1. The van der Waals surface area contributed by atoms with Gasteiger partial charge >= 0.3 is 0 Å². The molecule has 0 spiro atoms. The summed E-state index contributed by atoms with van der Waals surface area (Å²) in [6, 6.07) is 7.84. The molecule has 3 nitrogen and oxygen atoms in total. The van der Waals surface area contributed by atoms with Gasteiger partial charge in [-0.3, -0.25) is 14.5 Å². The summed E-state index contributed by atoms with van der Waals surface area (Å²) in [6.07, 6.45) is 23.9. The van der Waals surface area contributed by atoms with Gasteiger partial charge in [-0.15, -0.1) is 0 Å². The number of anilines is 1. The van der Waals surface area contributed by atoms with Crippen LogP contribution in [0, 0.1) is 5.92 Å². The van der Waals surface area contributed by atoms with Crippen molar-refractivity contribution in [2.75, 3.05) is 4.90 Å². The molecule has 2 rings (SSSR count). The van der Waals surface area contributed by atoms with E-state index in [2.05, 4.69) is 13.8 Å². The minimum Gasteiger partial charge on any atom is -0.274 e. The molecule has 2 amide bonds. The van der Waals surface area contributed by atoms with Gasteiger partial charge in [-0.2, -0.15) is 0 Å². The van der Waals surface area contributed by atoms with Gasteiger partial charge in [0, 0.05) is 12.3 Å². The van der Waals surface area contributed by atoms with Gasteiger partial charge in [0.25, 0.3) is 0 Å². The Kier molecular flexibility index (Phi) is 14.1. The van der Waals surface area contributed by atoms with Crippen LogP contribution in [0.3, 0.4) is 0 Å². The monoisotopic (exact) mass is 455 g/mol. The maximum atomic E-state index is 12.8. The lowest BCUT2D eigenvalue weighted by atomic mass is 9.98. The Morgan fingerprint density at radius 3 is 1.58 bits per heavy atom. The van der Waals surface area contributed by atoms with Crippen LogP contribution in [-0.4, -0.2) is 11.8 Å². The molecule has 0 aromatic heterocycles. The van der Waals surface area contributed by atoms with Crippen molar-refractivity contribution in [1.29, 1.82) is 0 Å². The van der Waals surface area contributed by atoms with Crippen LogP contribution in [0.2, 0.25) is 0 Å². The van der Waals surface area contributed by atoms with E-state index in [1.807, 2.05) is 24.3 Å². The van der Waals surface area contributed by atoms with Crippen molar-refractivity contribution >= 4 is 17.5 Å². The first-order valence-electron chi connectivity index (χ1n) is 14.1. The smallest absolute Gasteiger partial charge is 0.237 e. The van der Waals surface area contributed by atoms with Crippen LogP contribution in [0.15, 0.2) is 24.3 Å². The van der Waals surface area contributed by atoms with Crippen molar-refractivity contribution in [3.8, 4) is 0 Å². The molecule has 33 heavy (non-hydrogen) atoms. The van der Waals surface area contributed by atoms with E-state index in [1.165, 1.54) is 107 Å². The molecule has 1 fully saturated rings. The standard InChI is InChI=1S/C30H49NO2/c1-3-5-6-7-8-9-10-11-12-13-14-15-16-17-18-19-20-27-25-29(32)31(30(27)33)28-23-21-26(4-2)22-24-28/h21-24,27H,3-20,25H2,1-2H3. The Labute approximate surface area is 203 Å². The van der Waals surface area contributed by atoms with Gasteiger partial charge in [0.05, 0.1) is 5.69 Å². The number of unbranched alkanes of at least 4 members (excludes halogenated alkanes) is 15. The number of aryl methyl sites for hydroxylation is 1. The quantitative estimate of drug-likeness (QED) is 0.154. The van der Waals surface area contributed by atoms with Gasteiger partial charge in [0.15, 0.2) is 0 Å². The van der Waals surface area contributed by atoms with E-state index in [4.69, 9.17) is 0 Å². The van der Waals surface area contributed by atoms with Crippen LogP contribution < -0.4 is 4.90 Å². The van der Waals surface area contributed by atoms with Gasteiger partial charge in [-0.1, -0.05) is 129 Å². The highest BCUT2D eigenvalue weighted by atomic mass is 16.2. The summed E-state index contributed by atoms with van der Waals surface area (Å²) in [5.74, 6) is -0.147. The fraction of sp³-hybridized carbons (Fsp3) is 0.733. The second kappa shape index (κ2) is 16.9. The molecular weight excluding hydrogens is 406 g/mol. The fourth-order valence-electron chi connectivity index (χ4n) is 5.01. The lowest BCUT2D eigenvalue weighted by Gasteiger charge is -2.15. The predicted octanol–water partition coefficient (Wildman–Crippen LogP) is 8.78. The molecule has 0 saturated carbocycles. The highest BCUT2D eigenvalue weighted by molar-refractivity contribution is 6.20. The Bertz CT molecular complexity index is 666. The molecule has 0 bridgehead atoms. The highest BCUT2D eigenvalue weighted by Gasteiger charge is 2.38. The Balaban J connectivity index is 1.45. The summed E-state index contributed by atoms with van der Waals surface area (Å²) in [7, 11) is 0. The molecule has 3 heteroatoms. The number of nitrogens with zero attached hydrogens (tertiary/aromatic N) is 1. The van der Waals surface area contributed by atoms with E-state index in [-0.39, 0.29) is 17.7 Å². The number of carbonyl (C=O) groups excluding carboxylic acids is 2. The first-order chi connectivity index (χ1) is 16.2. The van der Waals surface area contributed by atoms with Gasteiger partial charge in [0.2, 0.25) is 11.8 Å². The molecule has 0 aliphatic carbocycles. The SMILES string of the molecule is CCCCCCCCCCCCCCCCCCC1CC(=O)N(c2ccc(CC)cc2)C1=O. The minimum atomic E-state index is -0.116. The molecular formula is C30H49NO2. The van der Waals surface area contributed by atoms with Gasteiger partial charge in [-0.25, -0.2) is 0 Å². The fourth-order valence-corrected chi connectivity index (χ4v) is 5.01. The van der Waals surface area contributed by atoms with Crippen LogP contribution in [0.1, 0.15) is 135 Å². The van der Waals surface area contributed by atoms with Crippen molar-refractivity contribution in [2.45, 2.75) is 136 Å². The summed E-state index contributed by atoms with van der Waals surface area (Å²) in [4.78, 5) is 26.6. The second-order valence-electron chi connectivity index (χ2n) is 10.1. The van der Waals surface area contributed by atoms with Crippen LogP contribution in [0.5, 0.6) is 0 Å². The maximum Gasteiger partial charge on any atom is 0.237 e. The molecule has 1 heterocycles. The molecule has 1 aromatic rings. The van der Waals surface area contributed by atoms with Crippen molar-refractivity contribution < 1.29 is 9.59 Å². The van der Waals surface area contributed by atoms with E-state index in [0.717, 1.165) is 24.9 Å². The molecule has 1 aliphatic heterocycles. The van der Waals surface area contributed by atoms with Crippen LogP contribution in [0.25, 0.3) is 0 Å². The molecule has 0 radical (unpaired) electrons. The number of imide groups is 1. The molecule has 1 aromatic carbocycles. The lowest BCUT2D eigenvalue weighted by molar-refractivity contribution is -0.122. The molecule has 1 saturated heterocycles. The van der Waals surface area contributed by atoms with E-state index in [9.17, 15) is 9.59 Å². The summed E-state index contributed by atoms with van der Waals surface area (Å²) in [6.45, 7) is 4.39. The summed E-state index contributed by atoms with van der Waals surface area (Å²) in [5, 5.41) is 0. The van der Waals surface area contributed by atoms with Crippen molar-refractivity contribution in [1.82, 2.24) is 0 Å². The molecule has 0 N–H and O–H groups in total. The third-order valence-corrected chi connectivity index (χ3v) is 7.25. The largest absolute Gasteiger partial charge is 0.274 e. The topological polar surface area (TPSA) is 37.4 Å². The van der Waals surface area contributed by atoms with Crippen molar-refractivity contribution in [3.63, 3.8) is 0 Å². The highest BCUT2D eigenvalue weighted by Crippen LogP contribution is 2.30. The Morgan fingerprint density at radius 1 is 0.667 bits per heavy atom. The number of rotatable bonds is 19. The van der Waals surface area contributed by atoms with Crippen LogP contribution in [-0.2, 0) is 16.0 Å². The van der Waals surface area contributed by atoms with E-state index in [0.29, 0.717) is 6.42 Å². The number of hydrogen-bond donors (Lipinski definition) is 0. The number of carbonyl (C=O) groups is 2. The van der Waals surface area contributed by atoms with E-state index in [1.54, 1.807) is 0 Å². The zero-order valence-corrected chi connectivity index (χ0v) is 21.6. The Hall–Kier alpha value is -1.64. The van der Waals surface area contributed by atoms with Crippen molar-refractivity contribution in [2.24, 2.45) is 5.92 Å². The lowest BCUT2D eigenvalue weighted by Crippen LogP contribution is -2.30. The van der Waals surface area contributed by atoms with Crippen molar-refractivity contribution in [3.05, 3.63) is 29.8 Å². The second-order valence-corrected chi connectivity index (χ2v) is 10.1. The minimum absolute atomic E-state index is 0.00482. The summed E-state index contributed by atoms with van der Waals surface area (Å²) in [5.41, 5.74) is 1.96. The zero-order chi connectivity index (χ0) is 23.7. The summed E-state index contributed by atoms with van der Waals surface area (Å²) < 4.78 is 0. The zero-order valence-electron chi connectivity index (χ0n) is 21.6. The average Bonchev–Trinajstić information content (AvgIpc) is 3.11. The Morgan fingerprint density at radius 2 is 1.12 bits per heavy atom. The molecule has 1 unspecified atom stereocenters. The predicted molar refractivity (Wildman–Crippen MR) is 141 cm³/mol. The normalized spacial score (nSPS) is 16.2. The molecule has 1 aliphatic rings. The average molecular weight is 456 g/mol. The van der Waals surface area contributed by atoms with Gasteiger partial charge < -0.3 is 0 Å². The number of hydrogen-bond acceptors (Lipinski definition) is 2. The number of benzene rings is 1. The number of amides is 2. The van der Waals surface area contributed by atoms with E-state index >= 15 is 0 Å². The third kappa shape index (κ3) is 10.4. The van der Waals surface area contributed by atoms with Crippen LogP contribution >= 0.6 is 0 Å². The first kappa shape index (κ1) is 27.6. The summed E-state index contributed by atoms with van der Waals surface area (Å²) >= 11 is 0. The van der Waals surface area contributed by atoms with Gasteiger partial charge in [0.1, 0.15) is 0 Å². The van der Waals surface area contributed by atoms with Crippen LogP contribution in [0.4, 0.5) is 5.69 Å². The van der Waals surface area contributed by atoms with Gasteiger partial charge in [-0.05, 0) is 30.5 Å². The molecule has 1 atom stereocenters.